The van der Waals surface area contributed by atoms with E-state index in [-0.39, 0.29) is 5.91 Å². The van der Waals surface area contributed by atoms with Crippen LogP contribution >= 0.6 is 0 Å². The number of carbonyl (C=O) groups excluding carboxylic acids is 1. The van der Waals surface area contributed by atoms with Gasteiger partial charge in [-0.05, 0) is 32.7 Å². The highest BCUT2D eigenvalue weighted by molar-refractivity contribution is 5.73. The molecule has 0 saturated heterocycles. The van der Waals surface area contributed by atoms with Gasteiger partial charge >= 0.3 is 0 Å². The van der Waals surface area contributed by atoms with Crippen molar-refractivity contribution < 1.29 is 4.79 Å². The maximum absolute atomic E-state index is 10.8. The lowest BCUT2D eigenvalue weighted by atomic mass is 9.91. The van der Waals surface area contributed by atoms with Crippen LogP contribution in [0.4, 0.5) is 0 Å². The lowest BCUT2D eigenvalue weighted by Gasteiger charge is -2.29. The monoisotopic (exact) mass is 170 g/mol. The number of amides is 1. The molecule has 70 valence electrons. The topological polar surface area (TPSA) is 41.1 Å². The minimum absolute atomic E-state index is 0.0942. The third-order valence-corrected chi connectivity index (χ3v) is 2.49. The van der Waals surface area contributed by atoms with E-state index in [0.29, 0.717) is 12.1 Å². The van der Waals surface area contributed by atoms with Crippen molar-refractivity contribution in [1.82, 2.24) is 10.6 Å². The van der Waals surface area contributed by atoms with Gasteiger partial charge in [-0.2, -0.15) is 0 Å². The van der Waals surface area contributed by atoms with Crippen LogP contribution in [0, 0.1) is 0 Å². The third-order valence-electron chi connectivity index (χ3n) is 2.49. The van der Waals surface area contributed by atoms with Gasteiger partial charge in [-0.3, -0.25) is 4.79 Å². The van der Waals surface area contributed by atoms with E-state index >= 15 is 0 Å². The summed E-state index contributed by atoms with van der Waals surface area (Å²) in [6.07, 6.45) is 4.68. The zero-order chi connectivity index (χ0) is 8.97. The maximum Gasteiger partial charge on any atom is 0.217 e. The summed E-state index contributed by atoms with van der Waals surface area (Å²) in [5, 5.41) is 6.22. The van der Waals surface area contributed by atoms with E-state index in [1.807, 2.05) is 7.05 Å². The highest BCUT2D eigenvalue weighted by Crippen LogP contribution is 2.17. The highest BCUT2D eigenvalue weighted by Gasteiger charge is 2.20. The molecule has 0 aromatic heterocycles. The van der Waals surface area contributed by atoms with Crippen LogP contribution in [0.15, 0.2) is 0 Å². The minimum Gasteiger partial charge on any atom is -0.354 e. The summed E-state index contributed by atoms with van der Waals surface area (Å²) in [5.74, 6) is 0.0942. The van der Waals surface area contributed by atoms with Crippen LogP contribution in [0.25, 0.3) is 0 Å². The highest BCUT2D eigenvalue weighted by atomic mass is 16.1. The van der Waals surface area contributed by atoms with Gasteiger partial charge in [0.05, 0.1) is 0 Å². The zero-order valence-corrected chi connectivity index (χ0v) is 7.89. The lowest BCUT2D eigenvalue weighted by molar-refractivity contribution is -0.119. The Kier molecular flexibility index (Phi) is 3.53. The van der Waals surface area contributed by atoms with Gasteiger partial charge in [0.2, 0.25) is 5.91 Å². The maximum atomic E-state index is 10.8. The Morgan fingerprint density at radius 2 is 2.00 bits per heavy atom. The molecule has 0 spiro atoms. The molecule has 1 amide bonds. The summed E-state index contributed by atoms with van der Waals surface area (Å²) in [5.41, 5.74) is 0. The standard InChI is InChI=1S/C9H18N2O/c1-7(12)11-9-5-3-4-8(6-9)10-2/h8-10H,3-6H2,1-2H3,(H,11,12)/t8-,9+/m0/s1. The Hall–Kier alpha value is -0.570. The van der Waals surface area contributed by atoms with E-state index in [9.17, 15) is 4.79 Å². The molecule has 2 N–H and O–H groups in total. The van der Waals surface area contributed by atoms with Crippen LogP contribution in [0.2, 0.25) is 0 Å². The van der Waals surface area contributed by atoms with Crippen molar-refractivity contribution in [2.24, 2.45) is 0 Å². The third kappa shape index (κ3) is 2.81. The molecular formula is C9H18N2O. The van der Waals surface area contributed by atoms with Crippen molar-refractivity contribution in [2.45, 2.75) is 44.7 Å². The second-order valence-electron chi connectivity index (χ2n) is 3.55. The molecule has 3 heteroatoms. The molecule has 1 rings (SSSR count). The van der Waals surface area contributed by atoms with E-state index in [0.717, 1.165) is 12.8 Å². The molecule has 0 bridgehead atoms. The smallest absolute Gasteiger partial charge is 0.217 e. The van der Waals surface area contributed by atoms with Gasteiger partial charge in [0.1, 0.15) is 0 Å². The summed E-state index contributed by atoms with van der Waals surface area (Å²) < 4.78 is 0. The molecular weight excluding hydrogens is 152 g/mol. The average Bonchev–Trinajstić information content (AvgIpc) is 2.03. The Morgan fingerprint density at radius 3 is 2.58 bits per heavy atom. The van der Waals surface area contributed by atoms with Crippen molar-refractivity contribution in [2.75, 3.05) is 7.05 Å². The number of hydrogen-bond donors (Lipinski definition) is 2. The Bertz CT molecular complexity index is 159. The first-order valence-corrected chi connectivity index (χ1v) is 4.66. The molecule has 1 aliphatic carbocycles. The number of hydrogen-bond acceptors (Lipinski definition) is 2. The molecule has 0 unspecified atom stereocenters. The molecule has 1 saturated carbocycles. The van der Waals surface area contributed by atoms with Crippen LogP contribution in [0.3, 0.4) is 0 Å². The van der Waals surface area contributed by atoms with Gasteiger partial charge in [-0.25, -0.2) is 0 Å². The van der Waals surface area contributed by atoms with Crippen molar-refractivity contribution in [3.05, 3.63) is 0 Å². The van der Waals surface area contributed by atoms with Crippen LogP contribution in [0.5, 0.6) is 0 Å². The van der Waals surface area contributed by atoms with E-state index < -0.39 is 0 Å². The van der Waals surface area contributed by atoms with Crippen LogP contribution in [-0.4, -0.2) is 25.0 Å². The SMILES string of the molecule is CN[C@H]1CCC[C@@H](NC(C)=O)C1. The van der Waals surface area contributed by atoms with Crippen molar-refractivity contribution in [1.29, 1.82) is 0 Å². The Labute approximate surface area is 73.9 Å². The summed E-state index contributed by atoms with van der Waals surface area (Å²) in [6, 6.07) is 0.990. The largest absolute Gasteiger partial charge is 0.354 e. The fourth-order valence-electron chi connectivity index (χ4n) is 1.87. The first-order chi connectivity index (χ1) is 5.72. The summed E-state index contributed by atoms with van der Waals surface area (Å²) >= 11 is 0. The van der Waals surface area contributed by atoms with Crippen molar-refractivity contribution in [3.63, 3.8) is 0 Å². The predicted octanol–water partition coefficient (Wildman–Crippen LogP) is 0.653. The summed E-state index contributed by atoms with van der Waals surface area (Å²) in [7, 11) is 1.99. The number of rotatable bonds is 2. The molecule has 1 aliphatic rings. The normalized spacial score (nSPS) is 29.8. The van der Waals surface area contributed by atoms with E-state index in [1.54, 1.807) is 6.92 Å². The van der Waals surface area contributed by atoms with Gasteiger partial charge < -0.3 is 10.6 Å². The zero-order valence-electron chi connectivity index (χ0n) is 7.89. The molecule has 2 atom stereocenters. The molecule has 0 heterocycles. The Balaban J connectivity index is 2.30. The van der Waals surface area contributed by atoms with Gasteiger partial charge in [-0.1, -0.05) is 0 Å². The summed E-state index contributed by atoms with van der Waals surface area (Å²) in [6.45, 7) is 1.59. The van der Waals surface area contributed by atoms with Gasteiger partial charge in [0.25, 0.3) is 0 Å². The van der Waals surface area contributed by atoms with Crippen LogP contribution in [-0.2, 0) is 4.79 Å². The van der Waals surface area contributed by atoms with Gasteiger partial charge in [0, 0.05) is 19.0 Å². The second kappa shape index (κ2) is 4.45. The molecule has 0 radical (unpaired) electrons. The molecule has 0 aliphatic heterocycles. The van der Waals surface area contributed by atoms with Crippen molar-refractivity contribution in [3.8, 4) is 0 Å². The van der Waals surface area contributed by atoms with Gasteiger partial charge in [-0.15, -0.1) is 0 Å². The molecule has 0 aromatic carbocycles. The Morgan fingerprint density at radius 1 is 1.33 bits per heavy atom. The van der Waals surface area contributed by atoms with Crippen LogP contribution < -0.4 is 10.6 Å². The van der Waals surface area contributed by atoms with Crippen molar-refractivity contribution >= 4 is 5.91 Å². The van der Waals surface area contributed by atoms with E-state index in [1.165, 1.54) is 12.8 Å². The average molecular weight is 170 g/mol. The van der Waals surface area contributed by atoms with Crippen LogP contribution in [0.1, 0.15) is 32.6 Å². The lowest BCUT2D eigenvalue weighted by Crippen LogP contribution is -2.42. The fourth-order valence-corrected chi connectivity index (χ4v) is 1.87. The predicted molar refractivity (Wildman–Crippen MR) is 48.9 cm³/mol. The number of nitrogens with one attached hydrogen (secondary N) is 2. The van der Waals surface area contributed by atoms with E-state index in [2.05, 4.69) is 10.6 Å². The quantitative estimate of drug-likeness (QED) is 0.639. The minimum atomic E-state index is 0.0942. The number of carbonyl (C=O) groups is 1. The van der Waals surface area contributed by atoms with Gasteiger partial charge in [0.15, 0.2) is 0 Å². The fraction of sp³-hybridized carbons (Fsp3) is 0.889. The van der Waals surface area contributed by atoms with E-state index in [4.69, 9.17) is 0 Å². The second-order valence-corrected chi connectivity index (χ2v) is 3.55. The first-order valence-electron chi connectivity index (χ1n) is 4.66. The first kappa shape index (κ1) is 9.52. The molecule has 3 nitrogen and oxygen atoms in total. The molecule has 0 aromatic rings. The molecule has 1 fully saturated rings. The molecule has 12 heavy (non-hydrogen) atoms. The summed E-state index contributed by atoms with van der Waals surface area (Å²) in [4.78, 5) is 10.8.